The third-order valence-electron chi connectivity index (χ3n) is 9.76. The van der Waals surface area contributed by atoms with Crippen molar-refractivity contribution in [3.63, 3.8) is 0 Å². The van der Waals surface area contributed by atoms with Crippen LogP contribution in [0.15, 0.2) is 182 Å². The van der Waals surface area contributed by atoms with Crippen LogP contribution in [-0.4, -0.2) is 19.1 Å². The fourth-order valence-electron chi connectivity index (χ4n) is 7.45. The normalized spacial score (nSPS) is 11.6. The summed E-state index contributed by atoms with van der Waals surface area (Å²) in [7, 11) is 0. The van der Waals surface area contributed by atoms with Crippen LogP contribution < -0.4 is 0 Å². The van der Waals surface area contributed by atoms with Crippen LogP contribution in [-0.2, 0) is 0 Å². The minimum absolute atomic E-state index is 0.696. The number of benzene rings is 7. The van der Waals surface area contributed by atoms with Crippen molar-refractivity contribution in [1.82, 2.24) is 19.1 Å². The standard InChI is InChI=1S/C46H30N4/c1-4-13-31(14-5-1)41-30-42(32-15-6-2-7-16-32)48-46(47-41)33-17-12-20-35(29-33)50-44-22-11-10-21-37(44)40-24-23-36-38-27-28-49(34-18-8-3-9-19-34)43(38)26-25-39(36)45(40)50/h1-30H. The van der Waals surface area contributed by atoms with Gasteiger partial charge in [-0.15, -0.1) is 0 Å². The molecule has 50 heavy (non-hydrogen) atoms. The van der Waals surface area contributed by atoms with E-state index in [2.05, 4.69) is 179 Å². The molecule has 0 fully saturated rings. The monoisotopic (exact) mass is 638 g/mol. The van der Waals surface area contributed by atoms with Crippen molar-refractivity contribution in [2.75, 3.05) is 0 Å². The van der Waals surface area contributed by atoms with E-state index in [4.69, 9.17) is 9.97 Å². The molecule has 0 atom stereocenters. The zero-order valence-electron chi connectivity index (χ0n) is 27.1. The molecule has 0 radical (unpaired) electrons. The highest BCUT2D eigenvalue weighted by Crippen LogP contribution is 2.40. The molecule has 0 bridgehead atoms. The number of hydrogen-bond acceptors (Lipinski definition) is 2. The fraction of sp³-hybridized carbons (Fsp3) is 0. The highest BCUT2D eigenvalue weighted by molar-refractivity contribution is 6.23. The fourth-order valence-corrected chi connectivity index (χ4v) is 7.45. The van der Waals surface area contributed by atoms with Crippen molar-refractivity contribution in [3.8, 4) is 45.3 Å². The molecule has 0 unspecified atom stereocenters. The van der Waals surface area contributed by atoms with Crippen LogP contribution in [0.3, 0.4) is 0 Å². The largest absolute Gasteiger partial charge is 0.317 e. The maximum atomic E-state index is 5.14. The first-order valence-electron chi connectivity index (χ1n) is 16.9. The Labute approximate surface area is 289 Å². The molecule has 0 spiro atoms. The Bertz CT molecular complexity index is 2790. The van der Waals surface area contributed by atoms with E-state index in [9.17, 15) is 0 Å². The number of hydrogen-bond donors (Lipinski definition) is 0. The molecular weight excluding hydrogens is 609 g/mol. The summed E-state index contributed by atoms with van der Waals surface area (Å²) < 4.78 is 4.68. The van der Waals surface area contributed by atoms with Crippen LogP contribution in [0.25, 0.3) is 88.8 Å². The lowest BCUT2D eigenvalue weighted by molar-refractivity contribution is 1.13. The lowest BCUT2D eigenvalue weighted by atomic mass is 10.0. The zero-order chi connectivity index (χ0) is 33.0. The van der Waals surface area contributed by atoms with Crippen molar-refractivity contribution in [2.24, 2.45) is 0 Å². The van der Waals surface area contributed by atoms with Crippen molar-refractivity contribution >= 4 is 43.5 Å². The zero-order valence-corrected chi connectivity index (χ0v) is 27.1. The first-order valence-corrected chi connectivity index (χ1v) is 16.9. The van der Waals surface area contributed by atoms with Crippen molar-refractivity contribution in [2.45, 2.75) is 0 Å². The Morgan fingerprint density at radius 1 is 0.360 bits per heavy atom. The van der Waals surface area contributed by atoms with Crippen LogP contribution in [0, 0.1) is 0 Å². The van der Waals surface area contributed by atoms with Gasteiger partial charge in [0, 0.05) is 55.8 Å². The van der Waals surface area contributed by atoms with E-state index in [0.29, 0.717) is 5.82 Å². The van der Waals surface area contributed by atoms with E-state index in [1.165, 1.54) is 38.0 Å². The van der Waals surface area contributed by atoms with E-state index in [1.807, 2.05) is 12.1 Å². The molecule has 0 aliphatic heterocycles. The lowest BCUT2D eigenvalue weighted by Crippen LogP contribution is -1.98. The Hall–Kier alpha value is -6.78. The first-order chi connectivity index (χ1) is 24.8. The van der Waals surface area contributed by atoms with Crippen LogP contribution in [0.1, 0.15) is 0 Å². The van der Waals surface area contributed by atoms with Gasteiger partial charge in [0.1, 0.15) is 0 Å². The summed E-state index contributed by atoms with van der Waals surface area (Å²) in [5.74, 6) is 0.696. The van der Waals surface area contributed by atoms with E-state index in [-0.39, 0.29) is 0 Å². The van der Waals surface area contributed by atoms with E-state index >= 15 is 0 Å². The molecule has 10 rings (SSSR count). The van der Waals surface area contributed by atoms with Gasteiger partial charge in [0.2, 0.25) is 0 Å². The smallest absolute Gasteiger partial charge is 0.160 e. The number of para-hydroxylation sites is 2. The number of rotatable bonds is 5. The van der Waals surface area contributed by atoms with E-state index in [1.54, 1.807) is 0 Å². The number of fused-ring (bicyclic) bond motifs is 7. The maximum Gasteiger partial charge on any atom is 0.160 e. The van der Waals surface area contributed by atoms with Gasteiger partial charge in [-0.1, -0.05) is 127 Å². The average Bonchev–Trinajstić information content (AvgIpc) is 3.79. The quantitative estimate of drug-likeness (QED) is 0.188. The molecule has 3 heterocycles. The van der Waals surface area contributed by atoms with Crippen molar-refractivity contribution < 1.29 is 0 Å². The molecule has 3 aromatic heterocycles. The topological polar surface area (TPSA) is 35.6 Å². The van der Waals surface area contributed by atoms with Gasteiger partial charge in [-0.2, -0.15) is 0 Å². The molecule has 0 amide bonds. The summed E-state index contributed by atoms with van der Waals surface area (Å²) in [6.45, 7) is 0. The predicted octanol–water partition coefficient (Wildman–Crippen LogP) is 11.7. The summed E-state index contributed by atoms with van der Waals surface area (Å²) in [6.07, 6.45) is 2.18. The van der Waals surface area contributed by atoms with Gasteiger partial charge in [0.25, 0.3) is 0 Å². The molecule has 4 heteroatoms. The molecule has 10 aromatic rings. The minimum atomic E-state index is 0.696. The van der Waals surface area contributed by atoms with Gasteiger partial charge >= 0.3 is 0 Å². The summed E-state index contributed by atoms with van der Waals surface area (Å²) in [5, 5.41) is 6.14. The van der Waals surface area contributed by atoms with Crippen LogP contribution in [0.2, 0.25) is 0 Å². The summed E-state index contributed by atoms with van der Waals surface area (Å²) >= 11 is 0. The Morgan fingerprint density at radius 3 is 1.66 bits per heavy atom. The molecule has 7 aromatic carbocycles. The van der Waals surface area contributed by atoms with Crippen molar-refractivity contribution in [1.29, 1.82) is 0 Å². The number of nitrogens with zero attached hydrogens (tertiary/aromatic N) is 4. The molecule has 0 saturated heterocycles. The van der Waals surface area contributed by atoms with Gasteiger partial charge in [0.15, 0.2) is 5.82 Å². The van der Waals surface area contributed by atoms with Gasteiger partial charge in [-0.25, -0.2) is 9.97 Å². The second kappa shape index (κ2) is 11.4. The second-order valence-electron chi connectivity index (χ2n) is 12.7. The molecule has 234 valence electrons. The average molecular weight is 639 g/mol. The van der Waals surface area contributed by atoms with Gasteiger partial charge in [0.05, 0.1) is 27.9 Å². The molecule has 4 nitrogen and oxygen atoms in total. The van der Waals surface area contributed by atoms with Crippen LogP contribution in [0.4, 0.5) is 0 Å². The summed E-state index contributed by atoms with van der Waals surface area (Å²) in [6, 6.07) is 62.0. The number of aromatic nitrogens is 4. The summed E-state index contributed by atoms with van der Waals surface area (Å²) in [5.41, 5.74) is 10.7. The first kappa shape index (κ1) is 28.3. The SMILES string of the molecule is c1ccc(-c2cc(-c3ccccc3)nc(-c3cccc(-n4c5ccccc5c5ccc6c7ccn(-c8ccccc8)c7ccc6c54)c3)n2)cc1. The van der Waals surface area contributed by atoms with Gasteiger partial charge in [-0.3, -0.25) is 0 Å². The van der Waals surface area contributed by atoms with E-state index in [0.717, 1.165) is 45.0 Å². The molecule has 0 N–H and O–H groups in total. The third-order valence-corrected chi connectivity index (χ3v) is 9.76. The van der Waals surface area contributed by atoms with Crippen molar-refractivity contribution in [3.05, 3.63) is 182 Å². The van der Waals surface area contributed by atoms with Gasteiger partial charge < -0.3 is 9.13 Å². The third kappa shape index (κ3) is 4.54. The van der Waals surface area contributed by atoms with Crippen LogP contribution in [0.5, 0.6) is 0 Å². The highest BCUT2D eigenvalue weighted by atomic mass is 15.0. The second-order valence-corrected chi connectivity index (χ2v) is 12.7. The Balaban J connectivity index is 1.20. The highest BCUT2D eigenvalue weighted by Gasteiger charge is 2.18. The Morgan fingerprint density at radius 2 is 0.920 bits per heavy atom. The maximum absolute atomic E-state index is 5.14. The minimum Gasteiger partial charge on any atom is -0.317 e. The van der Waals surface area contributed by atoms with Crippen LogP contribution >= 0.6 is 0 Å². The molecular formula is C46H30N4. The Kier molecular flexibility index (Phi) is 6.46. The van der Waals surface area contributed by atoms with E-state index < -0.39 is 0 Å². The molecule has 0 aliphatic carbocycles. The predicted molar refractivity (Wildman–Crippen MR) is 207 cm³/mol. The molecule has 0 aliphatic rings. The summed E-state index contributed by atoms with van der Waals surface area (Å²) in [4.78, 5) is 10.3. The molecule has 0 saturated carbocycles. The van der Waals surface area contributed by atoms with Gasteiger partial charge in [-0.05, 0) is 53.9 Å². The lowest BCUT2D eigenvalue weighted by Gasteiger charge is -2.13.